The highest BCUT2D eigenvalue weighted by atomic mass is 32.1. The second kappa shape index (κ2) is 9.73. The molecule has 4 rings (SSSR count). The lowest BCUT2D eigenvalue weighted by atomic mass is 10.0. The van der Waals surface area contributed by atoms with E-state index in [1.54, 1.807) is 4.80 Å². The standard InChI is InChI=1S/C27H29N5OS/c1-16(2)19-6-8-21(9-7-19)26(33)29-27(34)28-23-15-25-24(14-18(23)5)30-32(31-25)22-12-10-20(11-13-22)17(3)4/h6-17H,1-5H3,(H2,28,29,33,34). The smallest absolute Gasteiger partial charge is 0.257 e. The normalized spacial score (nSPS) is 11.3. The van der Waals surface area contributed by atoms with Crippen LogP contribution in [0, 0.1) is 6.92 Å². The number of aromatic nitrogens is 3. The zero-order chi connectivity index (χ0) is 24.4. The lowest BCUT2D eigenvalue weighted by Gasteiger charge is -2.12. The summed E-state index contributed by atoms with van der Waals surface area (Å²) >= 11 is 5.39. The average Bonchev–Trinajstić information content (AvgIpc) is 3.22. The molecule has 0 saturated heterocycles. The van der Waals surface area contributed by atoms with Gasteiger partial charge in [0.2, 0.25) is 0 Å². The summed E-state index contributed by atoms with van der Waals surface area (Å²) in [6, 6.07) is 19.7. The molecule has 0 unspecified atom stereocenters. The van der Waals surface area contributed by atoms with Crippen LogP contribution in [0.2, 0.25) is 0 Å². The van der Waals surface area contributed by atoms with E-state index in [0.29, 0.717) is 17.4 Å². The van der Waals surface area contributed by atoms with Gasteiger partial charge in [-0.2, -0.15) is 4.80 Å². The topological polar surface area (TPSA) is 71.8 Å². The molecule has 0 radical (unpaired) electrons. The minimum absolute atomic E-state index is 0.233. The summed E-state index contributed by atoms with van der Waals surface area (Å²) in [5, 5.41) is 15.4. The molecule has 0 saturated carbocycles. The summed E-state index contributed by atoms with van der Waals surface area (Å²) in [4.78, 5) is 14.2. The van der Waals surface area contributed by atoms with Gasteiger partial charge in [0.05, 0.1) is 5.69 Å². The van der Waals surface area contributed by atoms with Crippen LogP contribution in [0.1, 0.15) is 66.6 Å². The first-order chi connectivity index (χ1) is 16.2. The molecule has 0 aliphatic rings. The first-order valence-corrected chi connectivity index (χ1v) is 11.8. The van der Waals surface area contributed by atoms with Crippen LogP contribution in [0.3, 0.4) is 0 Å². The molecule has 1 aromatic heterocycles. The first kappa shape index (κ1) is 23.6. The highest BCUT2D eigenvalue weighted by molar-refractivity contribution is 7.80. The zero-order valence-corrected chi connectivity index (χ0v) is 20.9. The van der Waals surface area contributed by atoms with Crippen molar-refractivity contribution in [3.05, 3.63) is 82.9 Å². The molecule has 0 spiro atoms. The average molecular weight is 472 g/mol. The molecular formula is C27H29N5OS. The van der Waals surface area contributed by atoms with Crippen molar-refractivity contribution >= 4 is 40.0 Å². The van der Waals surface area contributed by atoms with Crippen LogP contribution >= 0.6 is 12.2 Å². The largest absolute Gasteiger partial charge is 0.332 e. The summed E-state index contributed by atoms with van der Waals surface area (Å²) in [5.41, 5.74) is 7.17. The lowest BCUT2D eigenvalue weighted by molar-refractivity contribution is 0.0977. The molecule has 0 aliphatic heterocycles. The maximum Gasteiger partial charge on any atom is 0.257 e. The van der Waals surface area contributed by atoms with Crippen molar-refractivity contribution in [2.75, 3.05) is 5.32 Å². The number of rotatable bonds is 5. The number of nitrogens with one attached hydrogen (secondary N) is 2. The van der Waals surface area contributed by atoms with Gasteiger partial charge in [-0.15, -0.1) is 10.2 Å². The molecule has 3 aromatic carbocycles. The number of anilines is 1. The maximum atomic E-state index is 12.6. The zero-order valence-electron chi connectivity index (χ0n) is 20.1. The van der Waals surface area contributed by atoms with Gasteiger partial charge < -0.3 is 5.32 Å². The molecule has 0 aliphatic carbocycles. The second-order valence-corrected chi connectivity index (χ2v) is 9.48. The third kappa shape index (κ3) is 5.15. The number of thiocarbonyl (C=S) groups is 1. The van der Waals surface area contributed by atoms with Crippen LogP contribution in [0.25, 0.3) is 16.7 Å². The monoisotopic (exact) mass is 471 g/mol. The van der Waals surface area contributed by atoms with Gasteiger partial charge in [-0.3, -0.25) is 10.1 Å². The molecule has 6 nitrogen and oxygen atoms in total. The minimum Gasteiger partial charge on any atom is -0.332 e. The van der Waals surface area contributed by atoms with E-state index < -0.39 is 0 Å². The fourth-order valence-electron chi connectivity index (χ4n) is 3.66. The van der Waals surface area contributed by atoms with Crippen LogP contribution in [0.15, 0.2) is 60.7 Å². The Labute approximate surface area is 205 Å². The molecule has 7 heteroatoms. The van der Waals surface area contributed by atoms with Crippen molar-refractivity contribution in [1.82, 2.24) is 20.3 Å². The number of amides is 1. The van der Waals surface area contributed by atoms with Crippen molar-refractivity contribution in [2.45, 2.75) is 46.5 Å². The molecular weight excluding hydrogens is 442 g/mol. The lowest BCUT2D eigenvalue weighted by Crippen LogP contribution is -2.34. The van der Waals surface area contributed by atoms with E-state index in [1.807, 2.05) is 55.5 Å². The molecule has 2 N–H and O–H groups in total. The summed E-state index contributed by atoms with van der Waals surface area (Å²) < 4.78 is 0. The van der Waals surface area contributed by atoms with E-state index in [4.69, 9.17) is 12.2 Å². The SMILES string of the molecule is Cc1cc2nn(-c3ccc(C(C)C)cc3)nc2cc1NC(=S)NC(=O)c1ccc(C(C)C)cc1. The molecule has 34 heavy (non-hydrogen) atoms. The predicted octanol–water partition coefficient (Wildman–Crippen LogP) is 6.10. The van der Waals surface area contributed by atoms with Crippen molar-refractivity contribution < 1.29 is 4.79 Å². The van der Waals surface area contributed by atoms with Crippen LogP contribution < -0.4 is 10.6 Å². The van der Waals surface area contributed by atoms with Gasteiger partial charge in [-0.05, 0) is 84.1 Å². The Morgan fingerprint density at radius 2 is 1.38 bits per heavy atom. The molecule has 1 heterocycles. The van der Waals surface area contributed by atoms with Gasteiger partial charge in [0, 0.05) is 11.3 Å². The van der Waals surface area contributed by atoms with Crippen LogP contribution in [-0.4, -0.2) is 26.0 Å². The number of carbonyl (C=O) groups is 1. The number of carbonyl (C=O) groups excluding carboxylic acids is 1. The van der Waals surface area contributed by atoms with Gasteiger partial charge >= 0.3 is 0 Å². The molecule has 174 valence electrons. The number of aryl methyl sites for hydroxylation is 1. The number of benzene rings is 3. The van der Waals surface area contributed by atoms with Crippen molar-refractivity contribution in [3.8, 4) is 5.69 Å². The fourth-order valence-corrected chi connectivity index (χ4v) is 3.86. The second-order valence-electron chi connectivity index (χ2n) is 9.08. The first-order valence-electron chi connectivity index (χ1n) is 11.4. The maximum absolute atomic E-state index is 12.6. The Morgan fingerprint density at radius 1 is 0.853 bits per heavy atom. The Bertz CT molecular complexity index is 1340. The summed E-state index contributed by atoms with van der Waals surface area (Å²) in [6.45, 7) is 10.5. The Hall–Kier alpha value is -3.58. The molecule has 0 fully saturated rings. The van der Waals surface area contributed by atoms with E-state index in [1.165, 1.54) is 11.1 Å². The quantitative estimate of drug-likeness (QED) is 0.344. The van der Waals surface area contributed by atoms with Gasteiger partial charge in [-0.1, -0.05) is 52.0 Å². The highest BCUT2D eigenvalue weighted by Crippen LogP contribution is 2.23. The molecule has 0 bridgehead atoms. The van der Waals surface area contributed by atoms with E-state index in [2.05, 4.69) is 60.7 Å². The van der Waals surface area contributed by atoms with Crippen molar-refractivity contribution in [1.29, 1.82) is 0 Å². The van der Waals surface area contributed by atoms with Crippen molar-refractivity contribution in [2.24, 2.45) is 0 Å². The summed E-state index contributed by atoms with van der Waals surface area (Å²) in [5.74, 6) is 0.635. The Kier molecular flexibility index (Phi) is 6.75. The van der Waals surface area contributed by atoms with Crippen LogP contribution in [-0.2, 0) is 0 Å². The van der Waals surface area contributed by atoms with Crippen molar-refractivity contribution in [3.63, 3.8) is 0 Å². The highest BCUT2D eigenvalue weighted by Gasteiger charge is 2.12. The van der Waals surface area contributed by atoms with Gasteiger partial charge in [-0.25, -0.2) is 0 Å². The Balaban J connectivity index is 1.48. The minimum atomic E-state index is -0.248. The van der Waals surface area contributed by atoms with E-state index in [-0.39, 0.29) is 11.0 Å². The third-order valence-electron chi connectivity index (χ3n) is 5.83. The van der Waals surface area contributed by atoms with E-state index in [9.17, 15) is 4.79 Å². The fraction of sp³-hybridized carbons (Fsp3) is 0.259. The predicted molar refractivity (Wildman–Crippen MR) is 142 cm³/mol. The van der Waals surface area contributed by atoms with Gasteiger partial charge in [0.1, 0.15) is 11.0 Å². The number of hydrogen-bond acceptors (Lipinski definition) is 4. The van der Waals surface area contributed by atoms with Gasteiger partial charge in [0.15, 0.2) is 5.11 Å². The van der Waals surface area contributed by atoms with E-state index >= 15 is 0 Å². The van der Waals surface area contributed by atoms with Crippen LogP contribution in [0.5, 0.6) is 0 Å². The number of nitrogens with zero attached hydrogens (tertiary/aromatic N) is 3. The Morgan fingerprint density at radius 3 is 1.94 bits per heavy atom. The summed E-state index contributed by atoms with van der Waals surface area (Å²) in [7, 11) is 0. The molecule has 1 amide bonds. The molecule has 0 atom stereocenters. The number of fused-ring (bicyclic) bond motifs is 1. The van der Waals surface area contributed by atoms with Gasteiger partial charge in [0.25, 0.3) is 5.91 Å². The third-order valence-corrected chi connectivity index (χ3v) is 6.04. The summed E-state index contributed by atoms with van der Waals surface area (Å²) in [6.07, 6.45) is 0. The molecule has 4 aromatic rings. The van der Waals surface area contributed by atoms with E-state index in [0.717, 1.165) is 28.0 Å². The van der Waals surface area contributed by atoms with Crippen LogP contribution in [0.4, 0.5) is 5.69 Å². The number of hydrogen-bond donors (Lipinski definition) is 2.